The van der Waals surface area contributed by atoms with E-state index in [9.17, 15) is 4.39 Å². The van der Waals surface area contributed by atoms with Crippen molar-refractivity contribution in [3.8, 4) is 5.75 Å². The minimum Gasteiger partial charge on any atom is -0.490 e. The molecule has 0 aromatic heterocycles. The highest BCUT2D eigenvalue weighted by Gasteiger charge is 2.29. The van der Waals surface area contributed by atoms with Crippen LogP contribution in [0.5, 0.6) is 5.75 Å². The molecule has 2 aliphatic heterocycles. The van der Waals surface area contributed by atoms with Gasteiger partial charge in [-0.15, -0.1) is 0 Å². The van der Waals surface area contributed by atoms with E-state index in [0.29, 0.717) is 0 Å². The summed E-state index contributed by atoms with van der Waals surface area (Å²) in [6.07, 6.45) is 2.00. The number of alkyl halides is 1. The van der Waals surface area contributed by atoms with Gasteiger partial charge in [0, 0.05) is 31.5 Å². The second-order valence-corrected chi connectivity index (χ2v) is 5.89. The van der Waals surface area contributed by atoms with E-state index in [1.54, 1.807) is 4.90 Å². The van der Waals surface area contributed by atoms with Crippen LogP contribution in [0.3, 0.4) is 0 Å². The predicted molar refractivity (Wildman–Crippen MR) is 77.1 cm³/mol. The van der Waals surface area contributed by atoms with Crippen molar-refractivity contribution in [1.29, 1.82) is 0 Å². The molecule has 0 N–H and O–H groups in total. The third-order valence-electron chi connectivity index (χ3n) is 4.28. The second kappa shape index (κ2) is 5.60. The summed E-state index contributed by atoms with van der Waals surface area (Å²) < 4.78 is 25.4. The van der Waals surface area contributed by atoms with Gasteiger partial charge >= 0.3 is 0 Å². The van der Waals surface area contributed by atoms with Crippen molar-refractivity contribution in [2.75, 3.05) is 25.2 Å². The third kappa shape index (κ3) is 2.62. The van der Waals surface area contributed by atoms with Gasteiger partial charge in [0.05, 0.1) is 13.2 Å². The Morgan fingerprint density at radius 3 is 2.80 bits per heavy atom. The van der Waals surface area contributed by atoms with E-state index in [4.69, 9.17) is 9.47 Å². The summed E-state index contributed by atoms with van der Waals surface area (Å²) in [5.74, 6) is 0.916. The van der Waals surface area contributed by atoms with Gasteiger partial charge in [-0.2, -0.15) is 0 Å². The van der Waals surface area contributed by atoms with Crippen LogP contribution in [-0.4, -0.2) is 32.7 Å². The molecule has 0 saturated carbocycles. The molecule has 4 heteroatoms. The Labute approximate surface area is 119 Å². The van der Waals surface area contributed by atoms with E-state index in [0.717, 1.165) is 43.9 Å². The highest BCUT2D eigenvalue weighted by molar-refractivity contribution is 5.58. The maximum Gasteiger partial charge on any atom is 0.175 e. The molecule has 3 rings (SSSR count). The van der Waals surface area contributed by atoms with Crippen LogP contribution in [0, 0.1) is 5.92 Å². The molecule has 0 radical (unpaired) electrons. The Kier molecular flexibility index (Phi) is 3.83. The van der Waals surface area contributed by atoms with Crippen molar-refractivity contribution >= 4 is 5.69 Å². The molecule has 0 amide bonds. The van der Waals surface area contributed by atoms with Crippen LogP contribution >= 0.6 is 0 Å². The number of hydrogen-bond donors (Lipinski definition) is 0. The second-order valence-electron chi connectivity index (χ2n) is 5.89. The van der Waals surface area contributed by atoms with Gasteiger partial charge in [0.15, 0.2) is 6.30 Å². The molecule has 2 heterocycles. The maximum absolute atomic E-state index is 14.0. The standard InChI is InChI=1S/C16H22FNO2/c1-11-9-12-10-14(20-13-5-7-19-8-6-13)3-4-15(12)18(2)16(11)17/h3-4,10-11,13,16H,5-9H2,1-2H3/t11?,16-/m1/s1. The quantitative estimate of drug-likeness (QED) is 0.776. The van der Waals surface area contributed by atoms with E-state index in [1.165, 1.54) is 5.56 Å². The minimum atomic E-state index is -0.898. The van der Waals surface area contributed by atoms with Crippen LogP contribution in [0.4, 0.5) is 10.1 Å². The number of ether oxygens (including phenoxy) is 2. The van der Waals surface area contributed by atoms with Gasteiger partial charge in [0.2, 0.25) is 0 Å². The van der Waals surface area contributed by atoms with Gasteiger partial charge in [0.25, 0.3) is 0 Å². The van der Waals surface area contributed by atoms with Crippen LogP contribution in [0.15, 0.2) is 18.2 Å². The van der Waals surface area contributed by atoms with Crippen molar-refractivity contribution in [3.05, 3.63) is 23.8 Å². The van der Waals surface area contributed by atoms with Gasteiger partial charge in [-0.05, 0) is 30.2 Å². The Hall–Kier alpha value is -1.29. The fourth-order valence-electron chi connectivity index (χ4n) is 3.09. The maximum atomic E-state index is 14.0. The predicted octanol–water partition coefficient (Wildman–Crippen LogP) is 3.17. The van der Waals surface area contributed by atoms with E-state index >= 15 is 0 Å². The molecule has 1 saturated heterocycles. The molecule has 1 aromatic carbocycles. The van der Waals surface area contributed by atoms with Crippen LogP contribution in [0.1, 0.15) is 25.3 Å². The van der Waals surface area contributed by atoms with Crippen molar-refractivity contribution in [2.45, 2.75) is 38.6 Å². The number of rotatable bonds is 2. The smallest absolute Gasteiger partial charge is 0.175 e. The van der Waals surface area contributed by atoms with Crippen LogP contribution in [0.2, 0.25) is 0 Å². The molecule has 110 valence electrons. The minimum absolute atomic E-state index is 0.0193. The number of fused-ring (bicyclic) bond motifs is 1. The number of hydrogen-bond acceptors (Lipinski definition) is 3. The zero-order valence-corrected chi connectivity index (χ0v) is 12.1. The molecule has 0 bridgehead atoms. The zero-order chi connectivity index (χ0) is 14.1. The first kappa shape index (κ1) is 13.7. The van der Waals surface area contributed by atoms with Crippen molar-refractivity contribution in [1.82, 2.24) is 0 Å². The van der Waals surface area contributed by atoms with E-state index in [-0.39, 0.29) is 12.0 Å². The summed E-state index contributed by atoms with van der Waals surface area (Å²) in [6.45, 7) is 3.51. The summed E-state index contributed by atoms with van der Waals surface area (Å²) in [7, 11) is 1.82. The molecule has 0 spiro atoms. The van der Waals surface area contributed by atoms with Gasteiger partial charge in [-0.3, -0.25) is 0 Å². The summed E-state index contributed by atoms with van der Waals surface area (Å²) in [4.78, 5) is 1.72. The molecule has 1 aromatic rings. The normalized spacial score (nSPS) is 27.2. The lowest BCUT2D eigenvalue weighted by molar-refractivity contribution is 0.0255. The first-order valence-corrected chi connectivity index (χ1v) is 7.39. The molecule has 0 aliphatic carbocycles. The fourth-order valence-corrected chi connectivity index (χ4v) is 3.09. The largest absolute Gasteiger partial charge is 0.490 e. The molecule has 1 fully saturated rings. The lowest BCUT2D eigenvalue weighted by Crippen LogP contribution is -2.38. The van der Waals surface area contributed by atoms with Gasteiger partial charge in [0.1, 0.15) is 11.9 Å². The Bertz CT molecular complexity index is 474. The highest BCUT2D eigenvalue weighted by Crippen LogP contribution is 2.35. The number of benzene rings is 1. The van der Waals surface area contributed by atoms with Crippen LogP contribution in [-0.2, 0) is 11.2 Å². The Balaban J connectivity index is 1.77. The lowest BCUT2D eigenvalue weighted by Gasteiger charge is -2.35. The van der Waals surface area contributed by atoms with Gasteiger partial charge in [-0.1, -0.05) is 6.92 Å². The topological polar surface area (TPSA) is 21.7 Å². The number of nitrogens with zero attached hydrogens (tertiary/aromatic N) is 1. The van der Waals surface area contributed by atoms with E-state index in [2.05, 4.69) is 6.07 Å². The Morgan fingerprint density at radius 1 is 1.30 bits per heavy atom. The zero-order valence-electron chi connectivity index (χ0n) is 12.1. The van der Waals surface area contributed by atoms with E-state index < -0.39 is 6.30 Å². The van der Waals surface area contributed by atoms with E-state index in [1.807, 2.05) is 26.1 Å². The highest BCUT2D eigenvalue weighted by atomic mass is 19.1. The molecular formula is C16H22FNO2. The third-order valence-corrected chi connectivity index (χ3v) is 4.28. The average Bonchev–Trinajstić information content (AvgIpc) is 2.46. The first-order chi connectivity index (χ1) is 9.65. The first-order valence-electron chi connectivity index (χ1n) is 7.39. The average molecular weight is 279 g/mol. The fraction of sp³-hybridized carbons (Fsp3) is 0.625. The molecule has 3 nitrogen and oxygen atoms in total. The SMILES string of the molecule is CC1Cc2cc(OC3CCOCC3)ccc2N(C)[C@H]1F. The summed E-state index contributed by atoms with van der Waals surface area (Å²) >= 11 is 0. The molecule has 2 aliphatic rings. The molecule has 2 atom stereocenters. The molecule has 1 unspecified atom stereocenters. The lowest BCUT2D eigenvalue weighted by atomic mass is 9.93. The van der Waals surface area contributed by atoms with Crippen molar-refractivity contribution < 1.29 is 13.9 Å². The molecule has 20 heavy (non-hydrogen) atoms. The summed E-state index contributed by atoms with van der Waals surface area (Å²) in [5, 5.41) is 0. The van der Waals surface area contributed by atoms with Gasteiger partial charge in [-0.25, -0.2) is 4.39 Å². The number of anilines is 1. The van der Waals surface area contributed by atoms with Crippen LogP contribution < -0.4 is 9.64 Å². The van der Waals surface area contributed by atoms with Crippen molar-refractivity contribution in [2.24, 2.45) is 5.92 Å². The van der Waals surface area contributed by atoms with Crippen molar-refractivity contribution in [3.63, 3.8) is 0 Å². The number of halogens is 1. The summed E-state index contributed by atoms with van der Waals surface area (Å²) in [6, 6.07) is 6.00. The summed E-state index contributed by atoms with van der Waals surface area (Å²) in [5.41, 5.74) is 2.16. The Morgan fingerprint density at radius 2 is 2.05 bits per heavy atom. The van der Waals surface area contributed by atoms with Crippen LogP contribution in [0.25, 0.3) is 0 Å². The monoisotopic (exact) mass is 279 g/mol. The molecular weight excluding hydrogens is 257 g/mol. The van der Waals surface area contributed by atoms with Gasteiger partial charge < -0.3 is 14.4 Å².